The third-order valence-electron chi connectivity index (χ3n) is 23.8. The first kappa shape index (κ1) is 81.4. The largest absolute Gasteiger partial charge is 0.457 e. The minimum Gasteiger partial charge on any atom is -0.457 e. The maximum atomic E-state index is 13.9. The van der Waals surface area contributed by atoms with E-state index in [0.717, 1.165) is 36.9 Å². The average molecular weight is 1630 g/mol. The molecule has 3 saturated heterocycles. The molecule has 6 aromatic carbocycles. The van der Waals surface area contributed by atoms with Crippen molar-refractivity contribution in [2.45, 2.75) is 120 Å². The number of benzene rings is 6. The lowest BCUT2D eigenvalue weighted by molar-refractivity contribution is -0.125. The summed E-state index contributed by atoms with van der Waals surface area (Å²) in [5, 5.41) is 0. The minimum absolute atomic E-state index is 0.0329. The summed E-state index contributed by atoms with van der Waals surface area (Å²) in [6.45, 7) is 5.24. The number of imidazole rings is 3. The van der Waals surface area contributed by atoms with Gasteiger partial charge in [0, 0.05) is 95.3 Å². The zero-order valence-electron chi connectivity index (χ0n) is 68.3. The molecule has 30 heteroatoms. The van der Waals surface area contributed by atoms with Crippen molar-refractivity contribution in [3.05, 3.63) is 251 Å². The van der Waals surface area contributed by atoms with Gasteiger partial charge < -0.3 is 46.1 Å². The van der Waals surface area contributed by atoms with Crippen molar-refractivity contribution in [3.63, 3.8) is 0 Å². The molecule has 6 N–H and O–H groups in total. The Bertz CT molecular complexity index is 5930. The monoisotopic (exact) mass is 1630 g/mol. The summed E-state index contributed by atoms with van der Waals surface area (Å²) in [7, 11) is 6.32. The molecule has 0 radical (unpaired) electrons. The van der Waals surface area contributed by atoms with Crippen LogP contribution >= 0.6 is 0 Å². The highest BCUT2D eigenvalue weighted by Crippen LogP contribution is 2.35. The van der Waals surface area contributed by atoms with Gasteiger partial charge in [0.2, 0.25) is 17.7 Å². The number of carbonyl (C=O) groups is 3. The van der Waals surface area contributed by atoms with Gasteiger partial charge in [0.25, 0.3) is 0 Å². The highest BCUT2D eigenvalue weighted by Gasteiger charge is 2.36. The Balaban J connectivity index is 0.000000135. The SMILES string of the molecule is CN(C/C=C/C(=O)N1CCC(n2c(=O)n(-c3ccc(Oc4ccccc4)cc3)c3c(N)ncnc32)C1)C1CC1.CN(C/C=C/C(=O)N1CCC(n2c(=O)n(-c3ccc(Oc4ccccc4)cc3)c3c(N)ncnc32)C1)C1CCC1.CN(C/C=C/C(=O)N1CCC(n2c(=O)n(-c3ccc(Oc4ccccc4)cc3)c3c(N)ncnc32)C1)C1CCCCC1. The number of ether oxygens (including phenoxy) is 3. The zero-order valence-corrected chi connectivity index (χ0v) is 68.3. The van der Waals surface area contributed by atoms with Gasteiger partial charge in [-0.15, -0.1) is 0 Å². The van der Waals surface area contributed by atoms with Gasteiger partial charge in [-0.25, -0.2) is 44.3 Å². The van der Waals surface area contributed by atoms with E-state index in [0.29, 0.717) is 144 Å². The Labute approximate surface area is 699 Å². The number of fused-ring (bicyclic) bond motifs is 3. The number of hydrogen-bond acceptors (Lipinski definition) is 21. The number of carbonyl (C=O) groups excluding carboxylic acids is 3. The molecule has 3 unspecified atom stereocenters. The number of rotatable bonds is 24. The Hall–Kier alpha value is -13.3. The van der Waals surface area contributed by atoms with Crippen molar-refractivity contribution in [1.82, 2.24) is 86.7 Å². The van der Waals surface area contributed by atoms with Crippen LogP contribution in [-0.2, 0) is 14.4 Å². The highest BCUT2D eigenvalue weighted by atomic mass is 16.5. The van der Waals surface area contributed by atoms with Crippen LogP contribution in [0.15, 0.2) is 234 Å². The second-order valence-corrected chi connectivity index (χ2v) is 31.8. The van der Waals surface area contributed by atoms with Crippen LogP contribution in [0.1, 0.15) is 102 Å². The molecule has 3 aliphatic carbocycles. The topological polar surface area (TPSA) is 335 Å². The molecule has 121 heavy (non-hydrogen) atoms. The maximum Gasteiger partial charge on any atom is 0.335 e. The van der Waals surface area contributed by atoms with E-state index in [-0.39, 0.29) is 70.4 Å². The van der Waals surface area contributed by atoms with E-state index in [1.54, 1.807) is 63.3 Å². The molecule has 3 aliphatic heterocycles. The molecule has 18 rings (SSSR count). The number of para-hydroxylation sites is 3. The van der Waals surface area contributed by atoms with Crippen molar-refractivity contribution in [1.29, 1.82) is 0 Å². The maximum absolute atomic E-state index is 13.9. The van der Waals surface area contributed by atoms with Crippen molar-refractivity contribution in [2.24, 2.45) is 0 Å². The summed E-state index contributed by atoms with van der Waals surface area (Å²) >= 11 is 0. The quantitative estimate of drug-likeness (QED) is 0.0473. The van der Waals surface area contributed by atoms with Crippen molar-refractivity contribution in [3.8, 4) is 51.6 Å². The van der Waals surface area contributed by atoms with Crippen LogP contribution in [0.3, 0.4) is 0 Å². The molecule has 3 amide bonds. The lowest BCUT2D eigenvalue weighted by Gasteiger charge is -2.33. The van der Waals surface area contributed by atoms with Gasteiger partial charge in [-0.1, -0.05) is 98.5 Å². The lowest BCUT2D eigenvalue weighted by atomic mass is 9.92. The number of nitrogen functional groups attached to an aromatic ring is 3. The number of likely N-dealkylation sites (N-methyl/N-ethyl adjacent to an activating group) is 3. The lowest BCUT2D eigenvalue weighted by Crippen LogP contribution is -2.37. The van der Waals surface area contributed by atoms with Gasteiger partial charge in [-0.3, -0.25) is 56.5 Å². The van der Waals surface area contributed by atoms with Crippen LogP contribution in [0.4, 0.5) is 17.5 Å². The van der Waals surface area contributed by atoms with Crippen LogP contribution in [0.5, 0.6) is 34.5 Å². The fraction of sp³-hybridized carbons (Fsp3) is 0.341. The first-order valence-corrected chi connectivity index (χ1v) is 41.7. The van der Waals surface area contributed by atoms with Crippen LogP contribution in [0.2, 0.25) is 0 Å². The van der Waals surface area contributed by atoms with Crippen LogP contribution < -0.4 is 48.5 Å². The molecule has 6 aromatic heterocycles. The summed E-state index contributed by atoms with van der Waals surface area (Å²) in [5.74, 6) is 4.65. The minimum atomic E-state index is -0.269. The van der Waals surface area contributed by atoms with E-state index in [1.807, 2.05) is 170 Å². The van der Waals surface area contributed by atoms with E-state index < -0.39 is 0 Å². The summed E-state index contributed by atoms with van der Waals surface area (Å²) in [4.78, 5) is 119. The first-order chi connectivity index (χ1) is 59.0. The molecule has 0 bridgehead atoms. The van der Waals surface area contributed by atoms with Crippen LogP contribution in [-0.4, -0.2) is 203 Å². The fourth-order valence-corrected chi connectivity index (χ4v) is 16.8. The van der Waals surface area contributed by atoms with Crippen molar-refractivity contribution < 1.29 is 28.6 Å². The second kappa shape index (κ2) is 36.9. The van der Waals surface area contributed by atoms with E-state index in [2.05, 4.69) is 65.7 Å². The van der Waals surface area contributed by atoms with E-state index >= 15 is 0 Å². The first-order valence-electron chi connectivity index (χ1n) is 41.7. The summed E-state index contributed by atoms with van der Waals surface area (Å²) in [5.41, 5.74) is 22.6. The zero-order chi connectivity index (χ0) is 83.6. The van der Waals surface area contributed by atoms with Crippen molar-refractivity contribution in [2.75, 3.05) is 97.2 Å². The molecule has 3 saturated carbocycles. The molecular formula is C91H101N21O9. The van der Waals surface area contributed by atoms with Crippen LogP contribution in [0, 0.1) is 0 Å². The van der Waals surface area contributed by atoms with Crippen LogP contribution in [0.25, 0.3) is 50.6 Å². The standard InChI is InChI=1S/C32H37N7O3.C30H33N7O3.C29H31N7O3/c1-36(23-9-4-2-5-10-23)19-8-13-28(40)37-20-18-25(21-37)39-31-29(30(33)34-22-35-31)38(32(39)41)24-14-16-27(17-15-24)42-26-11-6-3-7-12-26;1-34(21-7-5-8-21)17-6-11-26(38)35-18-16-23(19-35)37-29-27(28(31)32-20-33-29)36(30(37)39)22-12-14-25(15-13-22)40-24-9-3-2-4-10-24;1-33(20-9-10-20)16-5-8-25(37)34-17-15-22(18-34)36-28-26(27(30)31-19-32-28)35(29(36)38)21-11-13-24(14-12-21)39-23-6-3-2-4-7-23/h3,6-8,11-17,22-23,25H,2,4-5,9-10,18-21H2,1H3,(H2,33,34,35);2-4,6,9-15,20-21,23H,5,7-8,16-19H2,1H3,(H2,31,32,33);2-8,11-14,19-20,22H,9-10,15-18H2,1H3,(H2,30,31,32)/b13-8+;11-6+;8-5+. The fourth-order valence-electron chi connectivity index (χ4n) is 16.8. The Morgan fingerprint density at radius 2 is 0.628 bits per heavy atom. The number of aromatic nitrogens is 12. The average Bonchev–Trinajstić information content (AvgIpc) is 1.60. The molecule has 6 aliphatic rings. The van der Waals surface area contributed by atoms with Gasteiger partial charge in [0.05, 0.1) is 35.2 Å². The van der Waals surface area contributed by atoms with Crippen molar-refractivity contribution >= 4 is 68.7 Å². The molecule has 12 aromatic rings. The highest BCUT2D eigenvalue weighted by molar-refractivity contribution is 5.90. The number of likely N-dealkylation sites (tertiary alicyclic amines) is 3. The molecule has 624 valence electrons. The second-order valence-electron chi connectivity index (χ2n) is 31.8. The number of nitrogens with two attached hydrogens (primary N) is 3. The third kappa shape index (κ3) is 18.3. The number of anilines is 3. The van der Waals surface area contributed by atoms with E-state index in [9.17, 15) is 28.8 Å². The molecule has 9 heterocycles. The molecule has 0 spiro atoms. The molecule has 6 fully saturated rings. The summed E-state index contributed by atoms with van der Waals surface area (Å²) in [6, 6.07) is 51.4. The van der Waals surface area contributed by atoms with E-state index in [4.69, 9.17) is 31.4 Å². The molecular weight excluding hydrogens is 1530 g/mol. The van der Waals surface area contributed by atoms with E-state index in [1.165, 1.54) is 92.3 Å². The van der Waals surface area contributed by atoms with Gasteiger partial charge in [-0.2, -0.15) is 0 Å². The molecule has 3 atom stereocenters. The normalized spacial score (nSPS) is 17.7. The van der Waals surface area contributed by atoms with Gasteiger partial charge >= 0.3 is 17.1 Å². The van der Waals surface area contributed by atoms with Gasteiger partial charge in [-0.05, 0) is 188 Å². The number of nitrogens with zero attached hydrogens (tertiary/aromatic N) is 18. The summed E-state index contributed by atoms with van der Waals surface area (Å²) < 4.78 is 27.3. The summed E-state index contributed by atoms with van der Waals surface area (Å²) in [6.07, 6.45) is 29.4. The Morgan fingerprint density at radius 1 is 0.355 bits per heavy atom. The molecule has 30 nitrogen and oxygen atoms in total. The number of amides is 3. The van der Waals surface area contributed by atoms with Gasteiger partial charge in [0.1, 0.15) is 70.0 Å². The number of hydrogen-bond donors (Lipinski definition) is 3. The predicted octanol–water partition coefficient (Wildman–Crippen LogP) is 11.7. The third-order valence-corrected chi connectivity index (χ3v) is 23.8. The Morgan fingerprint density at radius 3 is 0.901 bits per heavy atom. The van der Waals surface area contributed by atoms with Gasteiger partial charge in [0.15, 0.2) is 34.4 Å². The smallest absolute Gasteiger partial charge is 0.335 e. The Kier molecular flexibility index (Phi) is 24.8. The predicted molar refractivity (Wildman–Crippen MR) is 466 cm³/mol.